The van der Waals surface area contributed by atoms with E-state index in [2.05, 4.69) is 11.6 Å². The van der Waals surface area contributed by atoms with Crippen LogP contribution in [0.15, 0.2) is 31.0 Å². The van der Waals surface area contributed by atoms with Crippen molar-refractivity contribution in [3.8, 4) is 5.88 Å². The highest BCUT2D eigenvalue weighted by atomic mass is 16.5. The topological polar surface area (TPSA) is 42.4 Å². The van der Waals surface area contributed by atoms with Crippen molar-refractivity contribution in [2.24, 2.45) is 0 Å². The molecular formula is C10H13NO2. The van der Waals surface area contributed by atoms with Crippen LogP contribution >= 0.6 is 0 Å². The van der Waals surface area contributed by atoms with E-state index in [4.69, 9.17) is 9.84 Å². The average Bonchev–Trinajstić information content (AvgIpc) is 2.21. The summed E-state index contributed by atoms with van der Waals surface area (Å²) in [6.45, 7) is 3.68. The van der Waals surface area contributed by atoms with Crippen LogP contribution in [0.25, 0.3) is 0 Å². The Morgan fingerprint density at radius 1 is 1.69 bits per heavy atom. The third kappa shape index (κ3) is 2.29. The number of ether oxygens (including phenoxy) is 1. The molecule has 1 N–H and O–H groups in total. The van der Waals surface area contributed by atoms with Crippen molar-refractivity contribution < 1.29 is 9.84 Å². The van der Waals surface area contributed by atoms with E-state index in [9.17, 15) is 0 Å². The molecule has 1 aromatic rings. The summed E-state index contributed by atoms with van der Waals surface area (Å²) < 4.78 is 4.92. The zero-order chi connectivity index (χ0) is 9.68. The highest BCUT2D eigenvalue weighted by Gasteiger charge is 2.05. The monoisotopic (exact) mass is 179 g/mol. The Kier molecular flexibility index (Phi) is 3.46. The minimum atomic E-state index is -0.0431. The van der Waals surface area contributed by atoms with Crippen molar-refractivity contribution in [2.75, 3.05) is 13.7 Å². The van der Waals surface area contributed by atoms with Gasteiger partial charge in [-0.15, -0.1) is 6.58 Å². The first kappa shape index (κ1) is 9.74. The van der Waals surface area contributed by atoms with Crippen LogP contribution in [-0.4, -0.2) is 23.8 Å². The lowest BCUT2D eigenvalue weighted by Crippen LogP contribution is -2.01. The van der Waals surface area contributed by atoms with E-state index in [0.717, 1.165) is 5.56 Å². The van der Waals surface area contributed by atoms with E-state index in [-0.39, 0.29) is 12.5 Å². The second-order valence-corrected chi connectivity index (χ2v) is 2.66. The molecule has 0 radical (unpaired) electrons. The second-order valence-electron chi connectivity index (χ2n) is 2.66. The van der Waals surface area contributed by atoms with Gasteiger partial charge in [-0.3, -0.25) is 0 Å². The Morgan fingerprint density at radius 2 is 2.46 bits per heavy atom. The van der Waals surface area contributed by atoms with Crippen molar-refractivity contribution in [3.63, 3.8) is 0 Å². The van der Waals surface area contributed by atoms with Gasteiger partial charge in [0.1, 0.15) is 0 Å². The summed E-state index contributed by atoms with van der Waals surface area (Å²) in [4.78, 5) is 4.03. The molecule has 70 valence electrons. The van der Waals surface area contributed by atoms with Crippen molar-refractivity contribution in [2.45, 2.75) is 5.92 Å². The Balaban J connectivity index is 2.83. The van der Waals surface area contributed by atoms with E-state index in [1.54, 1.807) is 25.4 Å². The van der Waals surface area contributed by atoms with E-state index in [1.807, 2.05) is 6.07 Å². The number of methoxy groups -OCH3 is 1. The molecule has 0 aliphatic rings. The maximum absolute atomic E-state index is 8.98. The number of aromatic nitrogens is 1. The van der Waals surface area contributed by atoms with Gasteiger partial charge in [-0.1, -0.05) is 12.1 Å². The van der Waals surface area contributed by atoms with Crippen LogP contribution in [0.2, 0.25) is 0 Å². The quantitative estimate of drug-likeness (QED) is 0.709. The van der Waals surface area contributed by atoms with Crippen molar-refractivity contribution >= 4 is 0 Å². The largest absolute Gasteiger partial charge is 0.481 e. The lowest BCUT2D eigenvalue weighted by molar-refractivity contribution is 0.283. The van der Waals surface area contributed by atoms with Gasteiger partial charge in [0.15, 0.2) is 0 Å². The number of aliphatic hydroxyl groups excluding tert-OH is 1. The lowest BCUT2D eigenvalue weighted by Gasteiger charge is -2.08. The molecule has 1 aromatic heterocycles. The number of aliphatic hydroxyl groups is 1. The number of hydrogen-bond donors (Lipinski definition) is 1. The van der Waals surface area contributed by atoms with Crippen LogP contribution in [0.5, 0.6) is 5.88 Å². The molecule has 0 aliphatic carbocycles. The van der Waals surface area contributed by atoms with Crippen LogP contribution < -0.4 is 4.74 Å². The standard InChI is InChI=1S/C10H13NO2/c1-3-8(7-12)9-4-5-10(13-2)11-6-9/h3-6,8,12H,1,7H2,2H3/t8-/m0/s1. The minimum absolute atomic E-state index is 0.0431. The Bertz CT molecular complexity index is 269. The van der Waals surface area contributed by atoms with Crippen LogP contribution in [-0.2, 0) is 0 Å². The molecule has 3 heteroatoms. The first-order chi connectivity index (χ1) is 6.31. The van der Waals surface area contributed by atoms with E-state index in [0.29, 0.717) is 5.88 Å². The molecule has 0 spiro atoms. The fraction of sp³-hybridized carbons (Fsp3) is 0.300. The number of hydrogen-bond acceptors (Lipinski definition) is 3. The fourth-order valence-corrected chi connectivity index (χ4v) is 1.05. The van der Waals surface area contributed by atoms with Gasteiger partial charge in [0.25, 0.3) is 0 Å². The Hall–Kier alpha value is -1.35. The van der Waals surface area contributed by atoms with E-state index in [1.165, 1.54) is 0 Å². The molecule has 3 nitrogen and oxygen atoms in total. The van der Waals surface area contributed by atoms with Crippen LogP contribution in [0.4, 0.5) is 0 Å². The highest BCUT2D eigenvalue weighted by Crippen LogP contribution is 2.17. The molecule has 13 heavy (non-hydrogen) atoms. The molecule has 0 amide bonds. The predicted molar refractivity (Wildman–Crippen MR) is 50.8 cm³/mol. The number of rotatable bonds is 4. The van der Waals surface area contributed by atoms with E-state index < -0.39 is 0 Å². The summed E-state index contributed by atoms with van der Waals surface area (Å²) in [5.74, 6) is 0.530. The van der Waals surface area contributed by atoms with Crippen molar-refractivity contribution in [3.05, 3.63) is 36.5 Å². The lowest BCUT2D eigenvalue weighted by atomic mass is 10.0. The number of nitrogens with zero attached hydrogens (tertiary/aromatic N) is 1. The van der Waals surface area contributed by atoms with Gasteiger partial charge < -0.3 is 9.84 Å². The van der Waals surface area contributed by atoms with E-state index >= 15 is 0 Å². The first-order valence-corrected chi connectivity index (χ1v) is 4.05. The van der Waals surface area contributed by atoms with Gasteiger partial charge in [0.2, 0.25) is 5.88 Å². The molecule has 0 aliphatic heterocycles. The maximum atomic E-state index is 8.98. The Morgan fingerprint density at radius 3 is 2.85 bits per heavy atom. The average molecular weight is 179 g/mol. The minimum Gasteiger partial charge on any atom is -0.481 e. The van der Waals surface area contributed by atoms with Crippen LogP contribution in [0, 0.1) is 0 Å². The molecule has 0 saturated heterocycles. The fourth-order valence-electron chi connectivity index (χ4n) is 1.05. The van der Waals surface area contributed by atoms with Crippen molar-refractivity contribution in [1.29, 1.82) is 0 Å². The van der Waals surface area contributed by atoms with Gasteiger partial charge in [-0.05, 0) is 5.56 Å². The molecule has 0 unspecified atom stereocenters. The zero-order valence-electron chi connectivity index (χ0n) is 7.60. The summed E-state index contributed by atoms with van der Waals surface area (Å²) in [5.41, 5.74) is 0.943. The third-order valence-corrected chi connectivity index (χ3v) is 1.88. The summed E-state index contributed by atoms with van der Waals surface area (Å²) in [5, 5.41) is 8.98. The Labute approximate surface area is 77.7 Å². The van der Waals surface area contributed by atoms with Gasteiger partial charge >= 0.3 is 0 Å². The molecular weight excluding hydrogens is 166 g/mol. The summed E-state index contributed by atoms with van der Waals surface area (Å²) in [7, 11) is 1.57. The normalized spacial score (nSPS) is 12.2. The molecule has 0 saturated carbocycles. The molecule has 1 atom stereocenters. The predicted octanol–water partition coefficient (Wildman–Crippen LogP) is 1.35. The summed E-state index contributed by atoms with van der Waals surface area (Å²) in [6, 6.07) is 3.63. The van der Waals surface area contributed by atoms with Crippen LogP contribution in [0.1, 0.15) is 11.5 Å². The van der Waals surface area contributed by atoms with Crippen LogP contribution in [0.3, 0.4) is 0 Å². The molecule has 1 heterocycles. The summed E-state index contributed by atoms with van der Waals surface area (Å²) >= 11 is 0. The maximum Gasteiger partial charge on any atom is 0.212 e. The molecule has 0 bridgehead atoms. The van der Waals surface area contributed by atoms with Gasteiger partial charge in [0.05, 0.1) is 13.7 Å². The smallest absolute Gasteiger partial charge is 0.212 e. The second kappa shape index (κ2) is 4.62. The summed E-state index contributed by atoms with van der Waals surface area (Å²) in [6.07, 6.45) is 3.38. The van der Waals surface area contributed by atoms with Gasteiger partial charge in [-0.25, -0.2) is 4.98 Å². The molecule has 0 fully saturated rings. The van der Waals surface area contributed by atoms with Gasteiger partial charge in [0, 0.05) is 18.2 Å². The first-order valence-electron chi connectivity index (χ1n) is 4.05. The van der Waals surface area contributed by atoms with Crippen molar-refractivity contribution in [1.82, 2.24) is 4.98 Å². The number of pyridine rings is 1. The molecule has 0 aromatic carbocycles. The SMILES string of the molecule is C=C[C@@H](CO)c1ccc(OC)nc1. The highest BCUT2D eigenvalue weighted by molar-refractivity contribution is 5.24. The van der Waals surface area contributed by atoms with Gasteiger partial charge in [-0.2, -0.15) is 0 Å². The third-order valence-electron chi connectivity index (χ3n) is 1.88. The molecule has 1 rings (SSSR count). The zero-order valence-corrected chi connectivity index (χ0v) is 7.60.